The smallest absolute Gasteiger partial charge is 0.143 e. The summed E-state index contributed by atoms with van der Waals surface area (Å²) in [6.45, 7) is 0. The molecule has 39 heavy (non-hydrogen) atoms. The van der Waals surface area contributed by atoms with Crippen molar-refractivity contribution in [3.8, 4) is 11.3 Å². The summed E-state index contributed by atoms with van der Waals surface area (Å²) < 4.78 is 6.58. The molecule has 0 saturated heterocycles. The summed E-state index contributed by atoms with van der Waals surface area (Å²) in [6, 6.07) is 45.2. The van der Waals surface area contributed by atoms with Gasteiger partial charge in [0.15, 0.2) is 0 Å². The van der Waals surface area contributed by atoms with Gasteiger partial charge in [-0.05, 0) is 45.1 Å². The fourth-order valence-electron chi connectivity index (χ4n) is 6.56. The van der Waals surface area contributed by atoms with Gasteiger partial charge in [-0.3, -0.25) is 0 Å². The van der Waals surface area contributed by atoms with Crippen LogP contribution in [0.15, 0.2) is 132 Å². The number of benzene rings is 7. The second-order valence-electron chi connectivity index (χ2n) is 10.3. The minimum absolute atomic E-state index is 0.906. The molecule has 0 saturated carbocycles. The zero-order valence-corrected chi connectivity index (χ0v) is 21.0. The van der Waals surface area contributed by atoms with Crippen LogP contribution in [0.5, 0.6) is 0 Å². The van der Waals surface area contributed by atoms with Crippen LogP contribution in [0.3, 0.4) is 0 Å². The molecular formula is C37H21NO. The zero-order chi connectivity index (χ0) is 25.5. The molecule has 0 spiro atoms. The Kier molecular flexibility index (Phi) is 4.08. The molecule has 2 heteroatoms. The quantitative estimate of drug-likeness (QED) is 0.212. The van der Waals surface area contributed by atoms with E-state index >= 15 is 0 Å². The van der Waals surface area contributed by atoms with Crippen molar-refractivity contribution in [1.82, 2.24) is 4.98 Å². The van der Waals surface area contributed by atoms with Crippen LogP contribution in [-0.4, -0.2) is 4.98 Å². The molecule has 2 aromatic heterocycles. The first-order valence-electron chi connectivity index (χ1n) is 13.3. The van der Waals surface area contributed by atoms with Gasteiger partial charge in [0.1, 0.15) is 11.2 Å². The van der Waals surface area contributed by atoms with E-state index in [1.54, 1.807) is 0 Å². The van der Waals surface area contributed by atoms with Gasteiger partial charge in [0, 0.05) is 37.9 Å². The van der Waals surface area contributed by atoms with Crippen LogP contribution < -0.4 is 0 Å². The molecule has 7 aromatic carbocycles. The molecule has 0 amide bonds. The topological polar surface area (TPSA) is 26.0 Å². The summed E-state index contributed by atoms with van der Waals surface area (Å²) in [7, 11) is 0. The van der Waals surface area contributed by atoms with Gasteiger partial charge in [0.25, 0.3) is 0 Å². The van der Waals surface area contributed by atoms with Gasteiger partial charge in [0.2, 0.25) is 0 Å². The number of pyridine rings is 1. The van der Waals surface area contributed by atoms with Crippen molar-refractivity contribution in [2.24, 2.45) is 0 Å². The largest absolute Gasteiger partial charge is 0.455 e. The predicted molar refractivity (Wildman–Crippen MR) is 164 cm³/mol. The van der Waals surface area contributed by atoms with Crippen LogP contribution in [0, 0.1) is 0 Å². The first-order chi connectivity index (χ1) is 19.4. The number of para-hydroxylation sites is 2. The van der Waals surface area contributed by atoms with E-state index in [1.807, 2.05) is 6.07 Å². The van der Waals surface area contributed by atoms with Crippen molar-refractivity contribution in [3.05, 3.63) is 127 Å². The highest BCUT2D eigenvalue weighted by Gasteiger charge is 2.22. The Hall–Kier alpha value is -5.21. The average molecular weight is 496 g/mol. The molecule has 9 aromatic rings. The normalized spacial score (nSPS) is 12.1. The maximum atomic E-state index is 6.58. The molecule has 0 fully saturated rings. The molecule has 2 nitrogen and oxygen atoms in total. The van der Waals surface area contributed by atoms with Gasteiger partial charge in [-0.25, -0.2) is 4.98 Å². The van der Waals surface area contributed by atoms with Crippen LogP contribution in [-0.2, 0) is 0 Å². The number of rotatable bonds is 1. The summed E-state index contributed by atoms with van der Waals surface area (Å²) in [5, 5.41) is 13.0. The monoisotopic (exact) mass is 495 g/mol. The van der Waals surface area contributed by atoms with Gasteiger partial charge in [-0.2, -0.15) is 0 Å². The molecule has 0 aliphatic rings. The maximum absolute atomic E-state index is 6.58. The Balaban J connectivity index is 1.62. The summed E-state index contributed by atoms with van der Waals surface area (Å²) in [5.74, 6) is 0. The number of furan rings is 1. The van der Waals surface area contributed by atoms with Gasteiger partial charge < -0.3 is 4.42 Å². The van der Waals surface area contributed by atoms with Gasteiger partial charge >= 0.3 is 0 Å². The van der Waals surface area contributed by atoms with E-state index < -0.39 is 0 Å². The third kappa shape index (κ3) is 2.78. The van der Waals surface area contributed by atoms with E-state index in [-0.39, 0.29) is 0 Å². The second-order valence-corrected chi connectivity index (χ2v) is 10.3. The lowest BCUT2D eigenvalue weighted by molar-refractivity contribution is 0.673. The van der Waals surface area contributed by atoms with E-state index in [0.29, 0.717) is 0 Å². The molecule has 180 valence electrons. The molecule has 0 unspecified atom stereocenters. The fraction of sp³-hybridized carbons (Fsp3) is 0. The van der Waals surface area contributed by atoms with Crippen LogP contribution in [0.25, 0.3) is 87.2 Å². The minimum atomic E-state index is 0.906. The summed E-state index contributed by atoms with van der Waals surface area (Å²) >= 11 is 0. The lowest BCUT2D eigenvalue weighted by Crippen LogP contribution is -1.93. The SMILES string of the molecule is c1ccc2c(c1)cc(-c1nc3ccccc3c3c1c1ccccc1c1oc4ccccc4c13)c1ccccc12. The molecule has 0 aliphatic carbocycles. The molecule has 0 aliphatic heterocycles. The van der Waals surface area contributed by atoms with Gasteiger partial charge in [-0.15, -0.1) is 0 Å². The van der Waals surface area contributed by atoms with Crippen molar-refractivity contribution in [2.45, 2.75) is 0 Å². The number of hydrogen-bond acceptors (Lipinski definition) is 2. The average Bonchev–Trinajstić information content (AvgIpc) is 3.40. The van der Waals surface area contributed by atoms with E-state index in [9.17, 15) is 0 Å². The third-order valence-corrected chi connectivity index (χ3v) is 8.20. The Labute approximate surface area is 223 Å². The third-order valence-electron chi connectivity index (χ3n) is 8.20. The standard InChI is InChI=1S/C37H21NO/c1-2-12-23-22(11-1)21-30(25-14-4-3-13-24(23)25)36-34-26-15-5-6-16-27(26)37-35(29-18-8-10-20-32(29)39-37)33(34)28-17-7-9-19-31(28)38-36/h1-21H. The Bertz CT molecular complexity index is 2450. The van der Waals surface area contributed by atoms with E-state index in [2.05, 4.69) is 121 Å². The first-order valence-corrected chi connectivity index (χ1v) is 13.3. The number of hydrogen-bond donors (Lipinski definition) is 0. The van der Waals surface area contributed by atoms with Crippen LogP contribution in [0.1, 0.15) is 0 Å². The molecule has 0 N–H and O–H groups in total. The zero-order valence-electron chi connectivity index (χ0n) is 21.0. The lowest BCUT2D eigenvalue weighted by Gasteiger charge is -2.16. The molecular weight excluding hydrogens is 474 g/mol. The summed E-state index contributed by atoms with van der Waals surface area (Å²) in [5.41, 5.74) is 4.99. The number of aromatic nitrogens is 1. The number of fused-ring (bicyclic) bond motifs is 13. The predicted octanol–water partition coefficient (Wildman–Crippen LogP) is 10.4. The molecule has 0 bridgehead atoms. The lowest BCUT2D eigenvalue weighted by atomic mass is 9.89. The fourth-order valence-corrected chi connectivity index (χ4v) is 6.56. The Morgan fingerprint density at radius 1 is 0.436 bits per heavy atom. The highest BCUT2D eigenvalue weighted by molar-refractivity contribution is 6.37. The molecule has 0 atom stereocenters. The molecule has 2 heterocycles. The van der Waals surface area contributed by atoms with Crippen molar-refractivity contribution in [3.63, 3.8) is 0 Å². The molecule has 9 rings (SSSR count). The Morgan fingerprint density at radius 3 is 1.90 bits per heavy atom. The Morgan fingerprint density at radius 2 is 1.05 bits per heavy atom. The summed E-state index contributed by atoms with van der Waals surface area (Å²) in [4.78, 5) is 5.42. The van der Waals surface area contributed by atoms with Crippen LogP contribution in [0.4, 0.5) is 0 Å². The molecule has 0 radical (unpaired) electrons. The van der Waals surface area contributed by atoms with Gasteiger partial charge in [-0.1, -0.05) is 109 Å². The second kappa shape index (κ2) is 7.66. The first kappa shape index (κ1) is 20.8. The minimum Gasteiger partial charge on any atom is -0.455 e. The van der Waals surface area contributed by atoms with Crippen LogP contribution >= 0.6 is 0 Å². The van der Waals surface area contributed by atoms with Crippen LogP contribution in [0.2, 0.25) is 0 Å². The van der Waals surface area contributed by atoms with Gasteiger partial charge in [0.05, 0.1) is 11.2 Å². The summed E-state index contributed by atoms with van der Waals surface area (Å²) in [6.07, 6.45) is 0. The van der Waals surface area contributed by atoms with Crippen molar-refractivity contribution in [2.75, 3.05) is 0 Å². The van der Waals surface area contributed by atoms with Crippen molar-refractivity contribution < 1.29 is 4.42 Å². The maximum Gasteiger partial charge on any atom is 0.143 e. The van der Waals surface area contributed by atoms with E-state index in [0.717, 1.165) is 54.9 Å². The highest BCUT2D eigenvalue weighted by atomic mass is 16.3. The van der Waals surface area contributed by atoms with Crippen molar-refractivity contribution in [1.29, 1.82) is 0 Å². The van der Waals surface area contributed by atoms with E-state index in [1.165, 1.54) is 32.3 Å². The van der Waals surface area contributed by atoms with Crippen molar-refractivity contribution >= 4 is 75.9 Å². The van der Waals surface area contributed by atoms with E-state index in [4.69, 9.17) is 9.40 Å². The number of nitrogens with zero attached hydrogens (tertiary/aromatic N) is 1. The highest BCUT2D eigenvalue weighted by Crippen LogP contribution is 2.47.